The zero-order chi connectivity index (χ0) is 14.4. The minimum absolute atomic E-state index is 1.17. The first kappa shape index (κ1) is 14.1. The molecule has 100 valence electrons. The molecule has 0 aliphatic rings. The second-order valence-corrected chi connectivity index (χ2v) is 4.91. The Kier molecular flexibility index (Phi) is 4.73. The van der Waals surface area contributed by atoms with Crippen molar-refractivity contribution in [3.8, 4) is 11.1 Å². The lowest BCUT2D eigenvalue weighted by Crippen LogP contribution is -1.81. The number of hydrogen-bond donors (Lipinski definition) is 0. The van der Waals surface area contributed by atoms with E-state index in [1.807, 2.05) is 12.1 Å². The summed E-state index contributed by atoms with van der Waals surface area (Å²) in [6.07, 6.45) is 6.09. The second-order valence-electron chi connectivity index (χ2n) is 4.91. The van der Waals surface area contributed by atoms with E-state index in [0.717, 1.165) is 0 Å². The van der Waals surface area contributed by atoms with Crippen LogP contribution < -0.4 is 0 Å². The fourth-order valence-corrected chi connectivity index (χ4v) is 1.98. The summed E-state index contributed by atoms with van der Waals surface area (Å²) >= 11 is 0. The highest BCUT2D eigenvalue weighted by molar-refractivity contribution is 5.70. The van der Waals surface area contributed by atoms with Crippen molar-refractivity contribution in [2.75, 3.05) is 0 Å². The lowest BCUT2D eigenvalue weighted by molar-refractivity contribution is 1.51. The molecule has 0 heteroatoms. The van der Waals surface area contributed by atoms with Gasteiger partial charge >= 0.3 is 0 Å². The number of allylic oxidation sites excluding steroid dienone is 5. The monoisotopic (exact) mass is 260 g/mol. The van der Waals surface area contributed by atoms with Gasteiger partial charge in [-0.3, -0.25) is 0 Å². The third-order valence-electron chi connectivity index (χ3n) is 3.37. The van der Waals surface area contributed by atoms with Gasteiger partial charge in [-0.15, -0.1) is 0 Å². The topological polar surface area (TPSA) is 0 Å². The minimum Gasteiger partial charge on any atom is -0.0988 e. The van der Waals surface area contributed by atoms with Crippen LogP contribution in [-0.2, 0) is 0 Å². The first-order valence-electron chi connectivity index (χ1n) is 6.84. The predicted octanol–water partition coefficient (Wildman–Crippen LogP) is 5.89. The van der Waals surface area contributed by atoms with Gasteiger partial charge in [0.25, 0.3) is 0 Å². The van der Waals surface area contributed by atoms with Crippen molar-refractivity contribution in [1.82, 2.24) is 0 Å². The molecule has 0 heterocycles. The average molecular weight is 260 g/mol. The first-order valence-corrected chi connectivity index (χ1v) is 6.84. The van der Waals surface area contributed by atoms with E-state index in [2.05, 4.69) is 81.1 Å². The standard InChI is InChI=1S/C20H20/c1-4-16(2)10-11-17(3)18-12-14-20(15-13-18)19-8-6-5-7-9-19/h4-15H,1H2,2-3H3/b16-10-,17-11+. The molecule has 0 radical (unpaired) electrons. The summed E-state index contributed by atoms with van der Waals surface area (Å²) in [4.78, 5) is 0. The Morgan fingerprint density at radius 1 is 0.800 bits per heavy atom. The van der Waals surface area contributed by atoms with E-state index in [1.165, 1.54) is 27.8 Å². The molecule has 0 saturated heterocycles. The summed E-state index contributed by atoms with van der Waals surface area (Å²) in [7, 11) is 0. The molecule has 0 unspecified atom stereocenters. The summed E-state index contributed by atoms with van der Waals surface area (Å²) in [6, 6.07) is 19.1. The van der Waals surface area contributed by atoms with Crippen molar-refractivity contribution in [2.45, 2.75) is 13.8 Å². The maximum absolute atomic E-state index is 3.76. The highest BCUT2D eigenvalue weighted by Crippen LogP contribution is 2.22. The van der Waals surface area contributed by atoms with Gasteiger partial charge in [0, 0.05) is 0 Å². The average Bonchev–Trinajstić information content (AvgIpc) is 2.53. The Bertz CT molecular complexity index is 625. The van der Waals surface area contributed by atoms with Gasteiger partial charge in [0.15, 0.2) is 0 Å². The van der Waals surface area contributed by atoms with Crippen LogP contribution in [0.2, 0.25) is 0 Å². The quantitative estimate of drug-likeness (QED) is 0.601. The fraction of sp³-hybridized carbons (Fsp3) is 0.100. The van der Waals surface area contributed by atoms with E-state index in [0.29, 0.717) is 0 Å². The minimum atomic E-state index is 1.17. The van der Waals surface area contributed by atoms with Gasteiger partial charge in [-0.2, -0.15) is 0 Å². The van der Waals surface area contributed by atoms with Gasteiger partial charge in [0.1, 0.15) is 0 Å². The van der Waals surface area contributed by atoms with Crippen LogP contribution in [0.3, 0.4) is 0 Å². The van der Waals surface area contributed by atoms with Crippen molar-refractivity contribution in [3.63, 3.8) is 0 Å². The van der Waals surface area contributed by atoms with Gasteiger partial charge in [-0.05, 0) is 36.1 Å². The van der Waals surface area contributed by atoms with Gasteiger partial charge in [-0.1, -0.05) is 85.0 Å². The van der Waals surface area contributed by atoms with Crippen LogP contribution in [-0.4, -0.2) is 0 Å². The molecule has 0 amide bonds. The number of benzene rings is 2. The number of hydrogen-bond acceptors (Lipinski definition) is 0. The molecule has 2 aromatic rings. The van der Waals surface area contributed by atoms with E-state index in [1.54, 1.807) is 0 Å². The molecule has 0 atom stereocenters. The predicted molar refractivity (Wildman–Crippen MR) is 89.5 cm³/mol. The molecular formula is C20H20. The van der Waals surface area contributed by atoms with Crippen LogP contribution >= 0.6 is 0 Å². The lowest BCUT2D eigenvalue weighted by Gasteiger charge is -2.04. The van der Waals surface area contributed by atoms with Crippen LogP contribution in [0.1, 0.15) is 19.4 Å². The molecule has 0 fully saturated rings. The molecule has 20 heavy (non-hydrogen) atoms. The summed E-state index contributed by atoms with van der Waals surface area (Å²) in [5.41, 5.74) is 6.18. The third-order valence-corrected chi connectivity index (χ3v) is 3.37. The summed E-state index contributed by atoms with van der Waals surface area (Å²) in [5, 5.41) is 0. The fourth-order valence-electron chi connectivity index (χ4n) is 1.98. The molecule has 0 aliphatic carbocycles. The molecule has 0 bridgehead atoms. The Morgan fingerprint density at radius 2 is 1.40 bits per heavy atom. The van der Waals surface area contributed by atoms with Crippen LogP contribution in [0.5, 0.6) is 0 Å². The Hall–Kier alpha value is -2.34. The smallest absolute Gasteiger partial charge is 0.0184 e. The van der Waals surface area contributed by atoms with Crippen LogP contribution in [0.25, 0.3) is 16.7 Å². The Morgan fingerprint density at radius 3 is 2.00 bits per heavy atom. The van der Waals surface area contributed by atoms with E-state index in [4.69, 9.17) is 0 Å². The highest BCUT2D eigenvalue weighted by Gasteiger charge is 1.98. The molecule has 0 nitrogen and oxygen atoms in total. The molecule has 2 rings (SSSR count). The van der Waals surface area contributed by atoms with Crippen LogP contribution in [0.4, 0.5) is 0 Å². The van der Waals surface area contributed by atoms with E-state index < -0.39 is 0 Å². The summed E-state index contributed by atoms with van der Waals surface area (Å²) in [6.45, 7) is 7.94. The van der Waals surface area contributed by atoms with Crippen molar-refractivity contribution in [3.05, 3.63) is 90.5 Å². The summed E-state index contributed by atoms with van der Waals surface area (Å²) in [5.74, 6) is 0. The van der Waals surface area contributed by atoms with Crippen molar-refractivity contribution < 1.29 is 0 Å². The van der Waals surface area contributed by atoms with Crippen LogP contribution in [0, 0.1) is 0 Å². The zero-order valence-corrected chi connectivity index (χ0v) is 12.1. The van der Waals surface area contributed by atoms with Gasteiger partial charge in [0.05, 0.1) is 0 Å². The lowest BCUT2D eigenvalue weighted by atomic mass is 10.0. The Labute approximate surface area is 121 Å². The normalized spacial score (nSPS) is 12.3. The Balaban J connectivity index is 2.22. The second kappa shape index (κ2) is 6.72. The van der Waals surface area contributed by atoms with E-state index in [-0.39, 0.29) is 0 Å². The first-order chi connectivity index (χ1) is 9.70. The van der Waals surface area contributed by atoms with Gasteiger partial charge in [-0.25, -0.2) is 0 Å². The largest absolute Gasteiger partial charge is 0.0988 e. The molecular weight excluding hydrogens is 240 g/mol. The third kappa shape index (κ3) is 3.58. The molecule has 0 saturated carbocycles. The molecule has 0 N–H and O–H groups in total. The van der Waals surface area contributed by atoms with Gasteiger partial charge in [0.2, 0.25) is 0 Å². The molecule has 0 aliphatic heterocycles. The molecule has 2 aromatic carbocycles. The molecule has 0 aromatic heterocycles. The van der Waals surface area contributed by atoms with Crippen LogP contribution in [0.15, 0.2) is 85.0 Å². The maximum Gasteiger partial charge on any atom is -0.0184 e. The highest BCUT2D eigenvalue weighted by atomic mass is 14.0. The van der Waals surface area contributed by atoms with Gasteiger partial charge < -0.3 is 0 Å². The van der Waals surface area contributed by atoms with Crippen molar-refractivity contribution in [1.29, 1.82) is 0 Å². The van der Waals surface area contributed by atoms with E-state index in [9.17, 15) is 0 Å². The summed E-state index contributed by atoms with van der Waals surface area (Å²) < 4.78 is 0. The van der Waals surface area contributed by atoms with Crippen molar-refractivity contribution >= 4 is 5.57 Å². The van der Waals surface area contributed by atoms with Crippen molar-refractivity contribution in [2.24, 2.45) is 0 Å². The molecule has 0 spiro atoms. The van der Waals surface area contributed by atoms with E-state index >= 15 is 0 Å². The maximum atomic E-state index is 3.76. The zero-order valence-electron chi connectivity index (χ0n) is 12.1. The number of rotatable bonds is 4. The SMILES string of the molecule is C=C/C(C)=C\C=C(/C)c1ccc(-c2ccccc2)cc1.